The first-order chi connectivity index (χ1) is 11.4. The van der Waals surface area contributed by atoms with Crippen molar-refractivity contribution < 1.29 is 17.9 Å². The second-order valence-corrected chi connectivity index (χ2v) is 7.93. The van der Waals surface area contributed by atoms with Crippen LogP contribution in [0.4, 0.5) is 0 Å². The number of hydrogen-bond acceptors (Lipinski definition) is 4. The van der Waals surface area contributed by atoms with Crippen LogP contribution in [-0.2, 0) is 26.2 Å². The Bertz CT molecular complexity index is 804. The molecular formula is C17H18BrNO4S. The van der Waals surface area contributed by atoms with E-state index >= 15 is 0 Å². The van der Waals surface area contributed by atoms with Gasteiger partial charge in [0.05, 0.1) is 11.3 Å². The van der Waals surface area contributed by atoms with Crippen LogP contribution in [0, 0.1) is 6.92 Å². The Labute approximate surface area is 150 Å². The summed E-state index contributed by atoms with van der Waals surface area (Å²) in [5, 5.41) is 0. The molecule has 24 heavy (non-hydrogen) atoms. The summed E-state index contributed by atoms with van der Waals surface area (Å²) < 4.78 is 32.4. The molecule has 1 N–H and O–H groups in total. The third-order valence-electron chi connectivity index (χ3n) is 3.23. The molecule has 0 radical (unpaired) electrons. The minimum Gasteiger partial charge on any atom is -0.461 e. The van der Waals surface area contributed by atoms with Crippen molar-refractivity contribution in [2.24, 2.45) is 0 Å². The minimum absolute atomic E-state index is 0.00888. The molecule has 0 spiro atoms. The number of carbonyl (C=O) groups is 1. The number of rotatable bonds is 7. The van der Waals surface area contributed by atoms with Gasteiger partial charge in [-0.2, -0.15) is 0 Å². The summed E-state index contributed by atoms with van der Waals surface area (Å²) in [6.45, 7) is 2.13. The number of esters is 1. The predicted octanol–water partition coefficient (Wildman–Crippen LogP) is 3.17. The molecule has 2 aromatic rings. The highest BCUT2D eigenvalue weighted by Crippen LogP contribution is 2.14. The first-order valence-electron chi connectivity index (χ1n) is 7.33. The van der Waals surface area contributed by atoms with E-state index in [1.807, 2.05) is 31.2 Å². The van der Waals surface area contributed by atoms with Gasteiger partial charge in [-0.25, -0.2) is 13.1 Å². The van der Waals surface area contributed by atoms with E-state index in [2.05, 4.69) is 20.7 Å². The fourth-order valence-electron chi connectivity index (χ4n) is 2.02. The van der Waals surface area contributed by atoms with Crippen molar-refractivity contribution >= 4 is 31.9 Å². The van der Waals surface area contributed by atoms with E-state index in [-0.39, 0.29) is 24.5 Å². The molecule has 0 aromatic heterocycles. The van der Waals surface area contributed by atoms with Gasteiger partial charge in [0.2, 0.25) is 10.0 Å². The molecule has 0 atom stereocenters. The van der Waals surface area contributed by atoms with Gasteiger partial charge in [-0.3, -0.25) is 4.79 Å². The van der Waals surface area contributed by atoms with Crippen LogP contribution < -0.4 is 4.72 Å². The average molecular weight is 412 g/mol. The summed E-state index contributed by atoms with van der Waals surface area (Å²) in [6.07, 6.45) is -0.0262. The lowest BCUT2D eigenvalue weighted by atomic mass is 10.1. The van der Waals surface area contributed by atoms with Gasteiger partial charge in [0.25, 0.3) is 0 Å². The largest absolute Gasteiger partial charge is 0.461 e. The lowest BCUT2D eigenvalue weighted by molar-refractivity contribution is -0.144. The van der Waals surface area contributed by atoms with E-state index in [4.69, 9.17) is 4.74 Å². The average Bonchev–Trinajstić information content (AvgIpc) is 2.53. The third kappa shape index (κ3) is 5.74. The monoisotopic (exact) mass is 411 g/mol. The van der Waals surface area contributed by atoms with Gasteiger partial charge >= 0.3 is 5.97 Å². The molecule has 0 amide bonds. The second-order valence-electron chi connectivity index (χ2n) is 5.25. The maximum Gasteiger partial charge on any atom is 0.307 e. The van der Waals surface area contributed by atoms with Crippen molar-refractivity contribution in [1.82, 2.24) is 4.72 Å². The van der Waals surface area contributed by atoms with Gasteiger partial charge in [0, 0.05) is 11.0 Å². The molecule has 0 aliphatic heterocycles. The van der Waals surface area contributed by atoms with Gasteiger partial charge in [-0.15, -0.1) is 0 Å². The van der Waals surface area contributed by atoms with Crippen LogP contribution >= 0.6 is 15.9 Å². The van der Waals surface area contributed by atoms with Gasteiger partial charge in [0.1, 0.15) is 6.61 Å². The van der Waals surface area contributed by atoms with Crippen molar-refractivity contribution in [2.75, 3.05) is 6.54 Å². The highest BCUT2D eigenvalue weighted by atomic mass is 79.9. The summed E-state index contributed by atoms with van der Waals surface area (Å²) >= 11 is 3.25. The van der Waals surface area contributed by atoms with E-state index in [9.17, 15) is 13.2 Å². The zero-order valence-corrected chi connectivity index (χ0v) is 15.6. The van der Waals surface area contributed by atoms with E-state index in [1.165, 1.54) is 12.1 Å². The summed E-state index contributed by atoms with van der Waals surface area (Å²) in [7, 11) is -3.62. The van der Waals surface area contributed by atoms with E-state index < -0.39 is 16.0 Å². The molecule has 2 rings (SSSR count). The highest BCUT2D eigenvalue weighted by Gasteiger charge is 2.14. The zero-order valence-electron chi connectivity index (χ0n) is 13.2. The van der Waals surface area contributed by atoms with Crippen molar-refractivity contribution in [3.05, 3.63) is 64.1 Å². The van der Waals surface area contributed by atoms with Gasteiger partial charge in [-0.1, -0.05) is 45.8 Å². The molecule has 0 saturated heterocycles. The van der Waals surface area contributed by atoms with Crippen molar-refractivity contribution in [3.8, 4) is 0 Å². The first-order valence-corrected chi connectivity index (χ1v) is 9.61. The number of halogens is 1. The molecule has 0 fully saturated rings. The third-order valence-corrected chi connectivity index (χ3v) is 5.23. The van der Waals surface area contributed by atoms with E-state index in [0.717, 1.165) is 15.6 Å². The molecule has 0 saturated carbocycles. The van der Waals surface area contributed by atoms with E-state index in [0.29, 0.717) is 0 Å². The Morgan fingerprint density at radius 3 is 2.54 bits per heavy atom. The van der Waals surface area contributed by atoms with E-state index in [1.54, 1.807) is 12.1 Å². The van der Waals surface area contributed by atoms with Crippen LogP contribution in [0.3, 0.4) is 0 Å². The molecule has 5 nitrogen and oxygen atoms in total. The molecule has 0 unspecified atom stereocenters. The molecule has 0 aliphatic rings. The molecule has 7 heteroatoms. The Balaban J connectivity index is 1.78. The molecule has 0 bridgehead atoms. The van der Waals surface area contributed by atoms with Crippen LogP contribution in [0.15, 0.2) is 57.9 Å². The standard InChI is InChI=1S/C17H18BrNO4S/c1-13-3-2-4-14(11-13)12-23-17(20)9-10-19-24(21,22)16-7-5-15(18)6-8-16/h2-8,11,19H,9-10,12H2,1H3. The summed E-state index contributed by atoms with van der Waals surface area (Å²) in [4.78, 5) is 11.9. The molecule has 0 heterocycles. The van der Waals surface area contributed by atoms with Crippen LogP contribution in [0.5, 0.6) is 0 Å². The van der Waals surface area contributed by atoms with Crippen LogP contribution in [-0.4, -0.2) is 20.9 Å². The number of ether oxygens (including phenoxy) is 1. The van der Waals surface area contributed by atoms with Crippen LogP contribution in [0.2, 0.25) is 0 Å². The number of carbonyl (C=O) groups excluding carboxylic acids is 1. The quantitative estimate of drug-likeness (QED) is 0.710. The first kappa shape index (κ1) is 18.6. The fourth-order valence-corrected chi connectivity index (χ4v) is 3.32. The Kier molecular flexibility index (Phi) is 6.53. The minimum atomic E-state index is -3.62. The number of benzene rings is 2. The number of nitrogens with one attached hydrogen (secondary N) is 1. The molecule has 0 aliphatic carbocycles. The SMILES string of the molecule is Cc1cccc(COC(=O)CCNS(=O)(=O)c2ccc(Br)cc2)c1. The normalized spacial score (nSPS) is 11.2. The topological polar surface area (TPSA) is 72.5 Å². The lowest BCUT2D eigenvalue weighted by Gasteiger charge is -2.08. The van der Waals surface area contributed by atoms with Gasteiger partial charge in [0.15, 0.2) is 0 Å². The molecular weight excluding hydrogens is 394 g/mol. The number of aryl methyl sites for hydroxylation is 1. The Morgan fingerprint density at radius 1 is 1.17 bits per heavy atom. The van der Waals surface area contributed by atoms with Gasteiger partial charge in [-0.05, 0) is 36.8 Å². The highest BCUT2D eigenvalue weighted by molar-refractivity contribution is 9.10. The van der Waals surface area contributed by atoms with Crippen molar-refractivity contribution in [3.63, 3.8) is 0 Å². The number of hydrogen-bond donors (Lipinski definition) is 1. The van der Waals surface area contributed by atoms with Crippen LogP contribution in [0.25, 0.3) is 0 Å². The smallest absolute Gasteiger partial charge is 0.307 e. The van der Waals surface area contributed by atoms with Gasteiger partial charge < -0.3 is 4.74 Å². The predicted molar refractivity (Wildman–Crippen MR) is 94.9 cm³/mol. The molecule has 128 valence electrons. The Morgan fingerprint density at radius 2 is 1.88 bits per heavy atom. The maximum atomic E-state index is 12.1. The fraction of sp³-hybridized carbons (Fsp3) is 0.235. The van der Waals surface area contributed by atoms with Crippen molar-refractivity contribution in [1.29, 1.82) is 0 Å². The Hall–Kier alpha value is -1.70. The molecule has 2 aromatic carbocycles. The maximum absolute atomic E-state index is 12.1. The summed E-state index contributed by atoms with van der Waals surface area (Å²) in [6, 6.07) is 13.9. The second kappa shape index (κ2) is 8.41. The van der Waals surface area contributed by atoms with Crippen molar-refractivity contribution in [2.45, 2.75) is 24.8 Å². The van der Waals surface area contributed by atoms with Crippen LogP contribution in [0.1, 0.15) is 17.5 Å². The zero-order chi connectivity index (χ0) is 17.6. The lowest BCUT2D eigenvalue weighted by Crippen LogP contribution is -2.26. The number of sulfonamides is 1. The summed E-state index contributed by atoms with van der Waals surface area (Å²) in [5.74, 6) is -0.449. The summed E-state index contributed by atoms with van der Waals surface area (Å²) in [5.41, 5.74) is 1.99.